The fourth-order valence-electron chi connectivity index (χ4n) is 2.04. The minimum absolute atomic E-state index is 0.0390. The van der Waals surface area contributed by atoms with Crippen LogP contribution in [-0.4, -0.2) is 40.0 Å². The second-order valence-electron chi connectivity index (χ2n) is 4.82. The molecule has 1 heterocycles. The zero-order valence-electron chi connectivity index (χ0n) is 10.9. The Bertz CT molecular complexity index is 356. The van der Waals surface area contributed by atoms with Crippen LogP contribution in [-0.2, 0) is 9.59 Å². The van der Waals surface area contributed by atoms with Crippen LogP contribution in [0.3, 0.4) is 0 Å². The highest BCUT2D eigenvalue weighted by Gasteiger charge is 2.46. The average molecular weight is 256 g/mol. The Morgan fingerprint density at radius 1 is 1.39 bits per heavy atom. The number of nitrogens with one attached hydrogen (secondary N) is 1. The van der Waals surface area contributed by atoms with Crippen molar-refractivity contribution >= 4 is 17.9 Å². The zero-order chi connectivity index (χ0) is 13.8. The van der Waals surface area contributed by atoms with Crippen molar-refractivity contribution in [3.05, 3.63) is 0 Å². The Morgan fingerprint density at radius 3 is 2.61 bits per heavy atom. The van der Waals surface area contributed by atoms with Crippen molar-refractivity contribution in [2.75, 3.05) is 6.54 Å². The number of aliphatic carboxylic acids is 1. The molecule has 102 valence electrons. The van der Waals surface area contributed by atoms with Crippen molar-refractivity contribution in [2.24, 2.45) is 0 Å². The van der Waals surface area contributed by atoms with Crippen molar-refractivity contribution in [1.82, 2.24) is 10.2 Å². The van der Waals surface area contributed by atoms with Crippen LogP contribution in [0.4, 0.5) is 4.79 Å². The molecule has 0 bridgehead atoms. The lowest BCUT2D eigenvalue weighted by Crippen LogP contribution is -2.43. The molecule has 0 aromatic rings. The highest BCUT2D eigenvalue weighted by molar-refractivity contribution is 6.06. The summed E-state index contributed by atoms with van der Waals surface area (Å²) in [5.74, 6) is -1.16. The third-order valence-corrected chi connectivity index (χ3v) is 3.15. The number of rotatable bonds is 7. The van der Waals surface area contributed by atoms with Crippen molar-refractivity contribution in [1.29, 1.82) is 0 Å². The van der Waals surface area contributed by atoms with E-state index in [1.54, 1.807) is 6.92 Å². The van der Waals surface area contributed by atoms with Gasteiger partial charge in [0.25, 0.3) is 5.91 Å². The summed E-state index contributed by atoms with van der Waals surface area (Å²) in [4.78, 5) is 35.3. The summed E-state index contributed by atoms with van der Waals surface area (Å²) >= 11 is 0. The number of urea groups is 1. The van der Waals surface area contributed by atoms with E-state index in [-0.39, 0.29) is 18.9 Å². The quantitative estimate of drug-likeness (QED) is 0.673. The molecule has 1 rings (SSSR count). The van der Waals surface area contributed by atoms with Gasteiger partial charge in [-0.05, 0) is 19.8 Å². The van der Waals surface area contributed by atoms with Gasteiger partial charge in [0.15, 0.2) is 0 Å². The number of amides is 3. The lowest BCUT2D eigenvalue weighted by molar-refractivity contribution is -0.138. The Hall–Kier alpha value is -1.59. The number of imide groups is 1. The molecule has 0 aromatic heterocycles. The molecule has 0 aliphatic carbocycles. The maximum absolute atomic E-state index is 12.1. The van der Waals surface area contributed by atoms with Crippen LogP contribution in [0.2, 0.25) is 0 Å². The van der Waals surface area contributed by atoms with E-state index in [2.05, 4.69) is 5.32 Å². The minimum atomic E-state index is -0.921. The van der Waals surface area contributed by atoms with Crippen LogP contribution in [0.1, 0.15) is 46.0 Å². The van der Waals surface area contributed by atoms with Crippen LogP contribution in [0.25, 0.3) is 0 Å². The van der Waals surface area contributed by atoms with Crippen LogP contribution >= 0.6 is 0 Å². The third-order valence-electron chi connectivity index (χ3n) is 3.15. The molecule has 0 aromatic carbocycles. The number of unbranched alkanes of at least 4 members (excludes halogenated alkanes) is 1. The molecule has 0 radical (unpaired) electrons. The van der Waals surface area contributed by atoms with Gasteiger partial charge in [-0.3, -0.25) is 14.5 Å². The number of hydrogen-bond acceptors (Lipinski definition) is 3. The number of carboxylic acid groups (broad SMARTS) is 1. The molecule has 1 saturated heterocycles. The number of carbonyl (C=O) groups excluding carboxylic acids is 2. The summed E-state index contributed by atoms with van der Waals surface area (Å²) in [6, 6.07) is -0.413. The van der Waals surface area contributed by atoms with E-state index in [4.69, 9.17) is 5.11 Å². The number of hydrogen-bond donors (Lipinski definition) is 2. The Morgan fingerprint density at radius 2 is 2.06 bits per heavy atom. The van der Waals surface area contributed by atoms with Gasteiger partial charge in [0.05, 0.1) is 0 Å². The second kappa shape index (κ2) is 5.84. The first-order valence-electron chi connectivity index (χ1n) is 6.26. The second-order valence-corrected chi connectivity index (χ2v) is 4.82. The summed E-state index contributed by atoms with van der Waals surface area (Å²) in [5.41, 5.74) is -0.823. The van der Waals surface area contributed by atoms with Crippen LogP contribution < -0.4 is 5.32 Å². The Balaban J connectivity index is 2.58. The van der Waals surface area contributed by atoms with Gasteiger partial charge in [0.1, 0.15) is 5.54 Å². The molecule has 1 aliphatic rings. The third kappa shape index (κ3) is 3.21. The van der Waals surface area contributed by atoms with Gasteiger partial charge in [0, 0.05) is 13.0 Å². The normalized spacial score (nSPS) is 23.3. The highest BCUT2D eigenvalue weighted by atomic mass is 16.4. The first-order chi connectivity index (χ1) is 8.40. The molecule has 0 spiro atoms. The monoisotopic (exact) mass is 256 g/mol. The fraction of sp³-hybridized carbons (Fsp3) is 0.750. The smallest absolute Gasteiger partial charge is 0.325 e. The highest BCUT2D eigenvalue weighted by Crippen LogP contribution is 2.23. The summed E-state index contributed by atoms with van der Waals surface area (Å²) in [7, 11) is 0. The van der Waals surface area contributed by atoms with E-state index in [1.165, 1.54) is 0 Å². The largest absolute Gasteiger partial charge is 0.481 e. The van der Waals surface area contributed by atoms with Gasteiger partial charge in [-0.2, -0.15) is 0 Å². The molecule has 2 N–H and O–H groups in total. The molecular formula is C12H20N2O4. The van der Waals surface area contributed by atoms with E-state index in [1.807, 2.05) is 6.92 Å². The maximum Gasteiger partial charge on any atom is 0.325 e. The van der Waals surface area contributed by atoms with Crippen molar-refractivity contribution in [2.45, 2.75) is 51.5 Å². The van der Waals surface area contributed by atoms with Crippen LogP contribution in [0.15, 0.2) is 0 Å². The van der Waals surface area contributed by atoms with E-state index in [9.17, 15) is 14.4 Å². The lowest BCUT2D eigenvalue weighted by Gasteiger charge is -2.21. The number of carboxylic acids is 1. The minimum Gasteiger partial charge on any atom is -0.481 e. The number of nitrogens with zero attached hydrogens (tertiary/aromatic N) is 1. The van der Waals surface area contributed by atoms with E-state index < -0.39 is 17.5 Å². The first kappa shape index (κ1) is 14.5. The molecule has 6 heteroatoms. The van der Waals surface area contributed by atoms with Gasteiger partial charge in [0.2, 0.25) is 0 Å². The van der Waals surface area contributed by atoms with Crippen molar-refractivity contribution in [3.63, 3.8) is 0 Å². The SMILES string of the molecule is CCCCC1(C)NC(=O)N(CCCC(=O)O)C1=O. The fourth-order valence-corrected chi connectivity index (χ4v) is 2.04. The van der Waals surface area contributed by atoms with Crippen molar-refractivity contribution in [3.8, 4) is 0 Å². The Kier molecular flexibility index (Phi) is 4.69. The van der Waals surface area contributed by atoms with Crippen molar-refractivity contribution < 1.29 is 19.5 Å². The predicted octanol–water partition coefficient (Wildman–Crippen LogP) is 1.35. The number of carbonyl (C=O) groups is 3. The Labute approximate surface area is 106 Å². The van der Waals surface area contributed by atoms with Gasteiger partial charge in [-0.15, -0.1) is 0 Å². The molecule has 18 heavy (non-hydrogen) atoms. The zero-order valence-corrected chi connectivity index (χ0v) is 10.9. The van der Waals surface area contributed by atoms with Gasteiger partial charge in [-0.25, -0.2) is 4.79 Å². The van der Waals surface area contributed by atoms with E-state index in [0.29, 0.717) is 12.8 Å². The predicted molar refractivity (Wildman–Crippen MR) is 65.0 cm³/mol. The van der Waals surface area contributed by atoms with Crippen LogP contribution in [0, 0.1) is 0 Å². The first-order valence-corrected chi connectivity index (χ1v) is 6.26. The summed E-state index contributed by atoms with van der Waals surface area (Å²) in [5, 5.41) is 11.2. The maximum atomic E-state index is 12.1. The molecule has 1 unspecified atom stereocenters. The van der Waals surface area contributed by atoms with Gasteiger partial charge < -0.3 is 10.4 Å². The molecule has 1 aliphatic heterocycles. The summed E-state index contributed by atoms with van der Waals surface area (Å²) in [6.07, 6.45) is 2.69. The lowest BCUT2D eigenvalue weighted by atomic mass is 9.95. The molecule has 0 saturated carbocycles. The topological polar surface area (TPSA) is 86.7 Å². The standard InChI is InChI=1S/C12H20N2O4/c1-3-4-7-12(2)10(17)14(11(18)13-12)8-5-6-9(15)16/h3-8H2,1-2H3,(H,13,18)(H,15,16). The molecule has 1 atom stereocenters. The molecule has 1 fully saturated rings. The molecule has 3 amide bonds. The van der Waals surface area contributed by atoms with Crippen LogP contribution in [0.5, 0.6) is 0 Å². The van der Waals surface area contributed by atoms with Gasteiger partial charge in [-0.1, -0.05) is 19.8 Å². The molecule has 6 nitrogen and oxygen atoms in total. The summed E-state index contributed by atoms with van der Waals surface area (Å²) in [6.45, 7) is 3.91. The average Bonchev–Trinajstić information content (AvgIpc) is 2.50. The summed E-state index contributed by atoms with van der Waals surface area (Å²) < 4.78 is 0. The van der Waals surface area contributed by atoms with Gasteiger partial charge >= 0.3 is 12.0 Å². The van der Waals surface area contributed by atoms with E-state index >= 15 is 0 Å². The van der Waals surface area contributed by atoms with E-state index in [0.717, 1.165) is 17.7 Å². The molecular weight excluding hydrogens is 236 g/mol.